The molecule has 0 spiro atoms. The van der Waals surface area contributed by atoms with Gasteiger partial charge in [-0.2, -0.15) is 0 Å². The average molecular weight is 451 g/mol. The third kappa shape index (κ3) is 3.94. The molecule has 3 nitrogen and oxygen atoms in total. The summed E-state index contributed by atoms with van der Waals surface area (Å²) >= 11 is 6.97. The highest BCUT2D eigenvalue weighted by atomic mass is 32.2. The van der Waals surface area contributed by atoms with Gasteiger partial charge in [-0.15, -0.1) is 0 Å². The summed E-state index contributed by atoms with van der Waals surface area (Å²) < 4.78 is 16.9. The van der Waals surface area contributed by atoms with E-state index in [1.54, 1.807) is 12.1 Å². The molecule has 0 unspecified atom stereocenters. The second-order valence-corrected chi connectivity index (χ2v) is 9.84. The van der Waals surface area contributed by atoms with Crippen molar-refractivity contribution >= 4 is 51.2 Å². The van der Waals surface area contributed by atoms with E-state index in [1.165, 1.54) is 24.2 Å². The Morgan fingerprint density at radius 3 is 2.61 bits per heavy atom. The highest BCUT2D eigenvalue weighted by molar-refractivity contribution is 8.26. The molecule has 2 fully saturated rings. The lowest BCUT2D eigenvalue weighted by atomic mass is 9.94. The van der Waals surface area contributed by atoms with Crippen LogP contribution in [-0.2, 0) is 11.3 Å². The number of para-hydroxylation sites is 1. The van der Waals surface area contributed by atoms with Crippen molar-refractivity contribution in [1.29, 1.82) is 0 Å². The maximum atomic E-state index is 14.2. The number of carbonyl (C=O) groups is 1. The molecule has 0 bridgehead atoms. The minimum absolute atomic E-state index is 0.0211. The second kappa shape index (κ2) is 8.60. The summed E-state index contributed by atoms with van der Waals surface area (Å²) in [6.07, 6.45) is 9.56. The molecule has 5 rings (SSSR count). The lowest BCUT2D eigenvalue weighted by molar-refractivity contribution is -0.124. The molecule has 31 heavy (non-hydrogen) atoms. The molecule has 0 atom stereocenters. The number of rotatable bonds is 4. The zero-order chi connectivity index (χ0) is 21.4. The Hall–Kier alpha value is -2.44. The Morgan fingerprint density at radius 1 is 1.06 bits per heavy atom. The molecule has 1 aliphatic carbocycles. The predicted molar refractivity (Wildman–Crippen MR) is 129 cm³/mol. The van der Waals surface area contributed by atoms with E-state index in [4.69, 9.17) is 12.2 Å². The Kier molecular flexibility index (Phi) is 5.67. The predicted octanol–water partition coefficient (Wildman–Crippen LogP) is 6.36. The first-order chi connectivity index (χ1) is 15.1. The van der Waals surface area contributed by atoms with E-state index in [0.717, 1.165) is 42.1 Å². The van der Waals surface area contributed by atoms with Gasteiger partial charge < -0.3 is 4.57 Å². The molecule has 1 saturated heterocycles. The van der Waals surface area contributed by atoms with Crippen LogP contribution in [0.15, 0.2) is 59.6 Å². The molecular formula is C25H23FN2OS2. The lowest BCUT2D eigenvalue weighted by Crippen LogP contribution is -2.39. The number of hydrogen-bond donors (Lipinski definition) is 0. The van der Waals surface area contributed by atoms with Crippen LogP contribution in [-0.4, -0.2) is 25.7 Å². The van der Waals surface area contributed by atoms with Crippen LogP contribution < -0.4 is 0 Å². The second-order valence-electron chi connectivity index (χ2n) is 8.16. The number of hydrogen-bond acceptors (Lipinski definition) is 3. The number of amides is 1. The standard InChI is InChI=1S/C25H23FN2OS2/c26-21-12-6-4-8-17(21)15-27-16-18(20-11-5-7-13-22(20)27)14-23-24(29)28(25(30)31-23)19-9-2-1-3-10-19/h4-8,11-14,16,19H,1-3,9-10,15H2/b23-14-. The first-order valence-corrected chi connectivity index (χ1v) is 11.9. The number of aromatic nitrogens is 1. The van der Waals surface area contributed by atoms with Gasteiger partial charge in [0.15, 0.2) is 0 Å². The normalized spacial score (nSPS) is 19.1. The summed E-state index contributed by atoms with van der Waals surface area (Å²) in [7, 11) is 0. The van der Waals surface area contributed by atoms with Gasteiger partial charge >= 0.3 is 0 Å². The van der Waals surface area contributed by atoms with Gasteiger partial charge in [0.25, 0.3) is 5.91 Å². The number of fused-ring (bicyclic) bond motifs is 1. The van der Waals surface area contributed by atoms with Crippen LogP contribution in [0.3, 0.4) is 0 Å². The third-order valence-corrected chi connectivity index (χ3v) is 7.50. The number of benzene rings is 2. The summed E-state index contributed by atoms with van der Waals surface area (Å²) in [6, 6.07) is 15.1. The number of thiocarbonyl (C=S) groups is 1. The van der Waals surface area contributed by atoms with E-state index < -0.39 is 0 Å². The first kappa shape index (κ1) is 20.5. The SMILES string of the molecule is O=C1/C(=C/c2cn(Cc3ccccc3F)c3ccccc23)SC(=S)N1C1CCCCC1. The monoisotopic (exact) mass is 450 g/mol. The van der Waals surface area contributed by atoms with Crippen molar-refractivity contribution in [2.24, 2.45) is 0 Å². The van der Waals surface area contributed by atoms with E-state index in [1.807, 2.05) is 52.1 Å². The van der Waals surface area contributed by atoms with Gasteiger partial charge in [0, 0.05) is 34.3 Å². The van der Waals surface area contributed by atoms with Gasteiger partial charge in [-0.25, -0.2) is 4.39 Å². The smallest absolute Gasteiger partial charge is 0.266 e. The molecule has 158 valence electrons. The molecular weight excluding hydrogens is 427 g/mol. The molecule has 1 saturated carbocycles. The van der Waals surface area contributed by atoms with E-state index in [2.05, 4.69) is 0 Å². The Bertz CT molecular complexity index is 1190. The van der Waals surface area contributed by atoms with Crippen molar-refractivity contribution in [3.8, 4) is 0 Å². The van der Waals surface area contributed by atoms with Crippen molar-refractivity contribution in [2.45, 2.75) is 44.7 Å². The highest BCUT2D eigenvalue weighted by Crippen LogP contribution is 2.38. The Balaban J connectivity index is 1.49. The van der Waals surface area contributed by atoms with E-state index >= 15 is 0 Å². The van der Waals surface area contributed by atoms with Crippen molar-refractivity contribution in [3.05, 3.63) is 76.6 Å². The minimum atomic E-state index is -0.213. The quantitative estimate of drug-likeness (QED) is 0.341. The van der Waals surface area contributed by atoms with Crippen molar-refractivity contribution in [1.82, 2.24) is 9.47 Å². The zero-order valence-corrected chi connectivity index (χ0v) is 18.7. The summed E-state index contributed by atoms with van der Waals surface area (Å²) in [5, 5.41) is 1.04. The van der Waals surface area contributed by atoms with E-state index in [0.29, 0.717) is 21.3 Å². The highest BCUT2D eigenvalue weighted by Gasteiger charge is 2.37. The fourth-order valence-electron chi connectivity index (χ4n) is 4.61. The average Bonchev–Trinajstić information content (AvgIpc) is 3.27. The van der Waals surface area contributed by atoms with Crippen LogP contribution >= 0.6 is 24.0 Å². The van der Waals surface area contributed by atoms with Gasteiger partial charge in [-0.05, 0) is 31.1 Å². The molecule has 0 N–H and O–H groups in total. The van der Waals surface area contributed by atoms with E-state index in [9.17, 15) is 9.18 Å². The Labute approximate surface area is 190 Å². The van der Waals surface area contributed by atoms with Crippen LogP contribution in [0.2, 0.25) is 0 Å². The van der Waals surface area contributed by atoms with Crippen molar-refractivity contribution in [2.75, 3.05) is 0 Å². The summed E-state index contributed by atoms with van der Waals surface area (Å²) in [4.78, 5) is 15.7. The van der Waals surface area contributed by atoms with Crippen LogP contribution in [0.4, 0.5) is 4.39 Å². The van der Waals surface area contributed by atoms with Gasteiger partial charge in [-0.1, -0.05) is 79.6 Å². The van der Waals surface area contributed by atoms with Crippen LogP contribution in [0.25, 0.3) is 17.0 Å². The van der Waals surface area contributed by atoms with Crippen molar-refractivity contribution < 1.29 is 9.18 Å². The van der Waals surface area contributed by atoms with Crippen LogP contribution in [0.5, 0.6) is 0 Å². The third-order valence-electron chi connectivity index (χ3n) is 6.17. The topological polar surface area (TPSA) is 25.2 Å². The molecule has 2 aromatic carbocycles. The lowest BCUT2D eigenvalue weighted by Gasteiger charge is -2.29. The van der Waals surface area contributed by atoms with Crippen molar-refractivity contribution in [3.63, 3.8) is 0 Å². The zero-order valence-electron chi connectivity index (χ0n) is 17.1. The van der Waals surface area contributed by atoms with Crippen LogP contribution in [0.1, 0.15) is 43.2 Å². The molecule has 6 heteroatoms. The molecule has 0 radical (unpaired) electrons. The molecule has 2 heterocycles. The fourth-order valence-corrected chi connectivity index (χ4v) is 6.00. The van der Waals surface area contributed by atoms with E-state index in [-0.39, 0.29) is 17.8 Å². The largest absolute Gasteiger partial charge is 0.342 e. The van der Waals surface area contributed by atoms with Gasteiger partial charge in [0.2, 0.25) is 0 Å². The van der Waals surface area contributed by atoms with Crippen LogP contribution in [0, 0.1) is 5.82 Å². The number of carbonyl (C=O) groups excluding carboxylic acids is 1. The summed E-state index contributed by atoms with van der Waals surface area (Å²) in [6.45, 7) is 0.435. The maximum Gasteiger partial charge on any atom is 0.266 e. The molecule has 3 aromatic rings. The summed E-state index contributed by atoms with van der Waals surface area (Å²) in [5.41, 5.74) is 2.61. The first-order valence-electron chi connectivity index (χ1n) is 10.7. The fraction of sp³-hybridized carbons (Fsp3) is 0.280. The summed E-state index contributed by atoms with van der Waals surface area (Å²) in [5.74, 6) is -0.192. The van der Waals surface area contributed by atoms with Gasteiger partial charge in [-0.3, -0.25) is 9.69 Å². The minimum Gasteiger partial charge on any atom is -0.342 e. The molecule has 1 amide bonds. The molecule has 1 aliphatic heterocycles. The Morgan fingerprint density at radius 2 is 1.81 bits per heavy atom. The molecule has 1 aromatic heterocycles. The number of halogens is 1. The van der Waals surface area contributed by atoms with Gasteiger partial charge in [0.1, 0.15) is 10.1 Å². The van der Waals surface area contributed by atoms with Gasteiger partial charge in [0.05, 0.1) is 11.4 Å². The number of thioether (sulfide) groups is 1. The maximum absolute atomic E-state index is 14.2. The molecule has 2 aliphatic rings. The number of nitrogens with zero attached hydrogens (tertiary/aromatic N) is 2.